The van der Waals surface area contributed by atoms with Crippen molar-refractivity contribution in [2.24, 2.45) is 0 Å². The summed E-state index contributed by atoms with van der Waals surface area (Å²) in [5.41, 5.74) is 2.07. The van der Waals surface area contributed by atoms with Gasteiger partial charge in [0.25, 0.3) is 5.52 Å². The fraction of sp³-hybridized carbons (Fsp3) is 0.222. The summed E-state index contributed by atoms with van der Waals surface area (Å²) in [5, 5.41) is 0. The van der Waals surface area contributed by atoms with Gasteiger partial charge < -0.3 is 0 Å². The Morgan fingerprint density at radius 1 is 1.33 bits per heavy atom. The Morgan fingerprint density at radius 3 is 2.58 bits per heavy atom. The van der Waals surface area contributed by atoms with Gasteiger partial charge in [-0.15, -0.1) is 0 Å². The number of aryl methyl sites for hydroxylation is 2. The third kappa shape index (κ3) is 1.77. The summed E-state index contributed by atoms with van der Waals surface area (Å²) in [7, 11) is -0.438. The Kier molecular flexibility index (Phi) is 2.72. The van der Waals surface area contributed by atoms with E-state index >= 15 is 0 Å². The van der Waals surface area contributed by atoms with Crippen LogP contribution in [0.5, 0.6) is 0 Å². The number of hydrogen-bond acceptors (Lipinski definition) is 2. The van der Waals surface area contributed by atoms with E-state index in [2.05, 4.69) is 0 Å². The lowest BCUT2D eigenvalue weighted by molar-refractivity contribution is 0.108. The minimum absolute atomic E-state index is 0.351. The van der Waals surface area contributed by atoms with Crippen molar-refractivity contribution in [1.29, 1.82) is 0 Å². The molecule has 1 aromatic rings. The molecule has 0 aliphatic carbocycles. The maximum absolute atomic E-state index is 11.1. The Balaban J connectivity index is 3.22. The molecule has 62 valence electrons. The van der Waals surface area contributed by atoms with Crippen LogP contribution in [0.1, 0.15) is 21.5 Å². The summed E-state index contributed by atoms with van der Waals surface area (Å²) in [5.74, 6) is 0. The molecule has 3 heteroatoms. The van der Waals surface area contributed by atoms with Crippen molar-refractivity contribution in [3.8, 4) is 0 Å². The van der Waals surface area contributed by atoms with Gasteiger partial charge in [0.15, 0.2) is 0 Å². The van der Waals surface area contributed by atoms with Crippen LogP contribution in [-0.4, -0.2) is 5.52 Å². The zero-order valence-electron chi connectivity index (χ0n) is 7.00. The maximum atomic E-state index is 11.1. The molecule has 0 heterocycles. The average molecular weight is 180 g/mol. The zero-order chi connectivity index (χ0) is 9.14. The van der Waals surface area contributed by atoms with Crippen molar-refractivity contribution in [1.82, 2.24) is 0 Å². The topological polar surface area (TPSA) is 34.1 Å². The number of rotatable bonds is 2. The molecule has 12 heavy (non-hydrogen) atoms. The molecule has 2 nitrogen and oxygen atoms in total. The fourth-order valence-corrected chi connectivity index (χ4v) is 1.35. The molecule has 0 N–H and O–H groups in total. The van der Waals surface area contributed by atoms with Gasteiger partial charge in [0.05, 0.1) is 0 Å². The highest BCUT2D eigenvalue weighted by molar-refractivity contribution is 7.47. The van der Waals surface area contributed by atoms with Crippen LogP contribution in [0.3, 0.4) is 0 Å². The SMILES string of the molecule is Cc1ccc(C)c(C(=O)P=O)c1. The summed E-state index contributed by atoms with van der Waals surface area (Å²) >= 11 is 0. The van der Waals surface area contributed by atoms with Crippen molar-refractivity contribution in [3.63, 3.8) is 0 Å². The predicted octanol–water partition coefficient (Wildman–Crippen LogP) is 2.74. The van der Waals surface area contributed by atoms with Crippen LogP contribution in [0.2, 0.25) is 0 Å². The van der Waals surface area contributed by atoms with Gasteiger partial charge in [0.1, 0.15) is 0 Å². The highest BCUT2D eigenvalue weighted by Gasteiger charge is 2.07. The number of carbonyl (C=O) groups is 1. The molecule has 1 rings (SSSR count). The molecule has 1 aromatic carbocycles. The molecular formula is C9H9O2P. The van der Waals surface area contributed by atoms with E-state index in [1.807, 2.05) is 26.0 Å². The summed E-state index contributed by atoms with van der Waals surface area (Å²) in [6.45, 7) is 3.73. The first-order valence-electron chi connectivity index (χ1n) is 3.60. The molecule has 0 fully saturated rings. The first-order valence-corrected chi connectivity index (χ1v) is 4.41. The average Bonchev–Trinajstić information content (AvgIpc) is 2.08. The molecule has 0 atom stereocenters. The third-order valence-corrected chi connectivity index (χ3v) is 2.11. The maximum Gasteiger partial charge on any atom is 0.253 e. The van der Waals surface area contributed by atoms with Crippen LogP contribution in [0.4, 0.5) is 0 Å². The number of benzene rings is 1. The Morgan fingerprint density at radius 2 is 2.00 bits per heavy atom. The quantitative estimate of drug-likeness (QED) is 0.655. The van der Waals surface area contributed by atoms with E-state index in [-0.39, 0.29) is 5.52 Å². The molecular weight excluding hydrogens is 171 g/mol. The van der Waals surface area contributed by atoms with E-state index in [1.165, 1.54) is 0 Å². The van der Waals surface area contributed by atoms with E-state index in [1.54, 1.807) is 6.07 Å². The van der Waals surface area contributed by atoms with E-state index in [0.29, 0.717) is 5.56 Å². The van der Waals surface area contributed by atoms with E-state index in [9.17, 15) is 9.36 Å². The second-order valence-electron chi connectivity index (χ2n) is 2.71. The Bertz CT molecular complexity index is 331. The Labute approximate surface area is 72.8 Å². The highest BCUT2D eigenvalue weighted by atomic mass is 31.1. The number of hydrogen-bond donors (Lipinski definition) is 0. The molecule has 0 spiro atoms. The lowest BCUT2D eigenvalue weighted by atomic mass is 10.1. The van der Waals surface area contributed by atoms with Crippen molar-refractivity contribution >= 4 is 14.0 Å². The largest absolute Gasteiger partial charge is 0.280 e. The van der Waals surface area contributed by atoms with Crippen LogP contribution in [0, 0.1) is 13.8 Å². The van der Waals surface area contributed by atoms with Gasteiger partial charge in [-0.25, -0.2) is 0 Å². The lowest BCUT2D eigenvalue weighted by Crippen LogP contribution is -1.93. The molecule has 0 amide bonds. The second-order valence-corrected chi connectivity index (χ2v) is 3.30. The molecule has 0 aliphatic rings. The monoisotopic (exact) mass is 180 g/mol. The molecule has 0 aromatic heterocycles. The first-order chi connectivity index (χ1) is 5.65. The van der Waals surface area contributed by atoms with Gasteiger partial charge in [0.2, 0.25) is 8.46 Å². The highest BCUT2D eigenvalue weighted by Crippen LogP contribution is 2.15. The van der Waals surface area contributed by atoms with Crippen LogP contribution in [0.25, 0.3) is 0 Å². The smallest absolute Gasteiger partial charge is 0.253 e. The van der Waals surface area contributed by atoms with E-state index < -0.39 is 8.46 Å². The van der Waals surface area contributed by atoms with E-state index in [4.69, 9.17) is 0 Å². The van der Waals surface area contributed by atoms with Gasteiger partial charge in [-0.2, -0.15) is 0 Å². The molecule has 0 saturated heterocycles. The van der Waals surface area contributed by atoms with Crippen LogP contribution in [0.15, 0.2) is 18.2 Å². The molecule has 0 radical (unpaired) electrons. The van der Waals surface area contributed by atoms with Crippen molar-refractivity contribution in [3.05, 3.63) is 34.9 Å². The summed E-state index contributed by atoms with van der Waals surface area (Å²) in [4.78, 5) is 11.1. The van der Waals surface area contributed by atoms with Gasteiger partial charge in [0, 0.05) is 5.56 Å². The molecule has 0 saturated carbocycles. The van der Waals surface area contributed by atoms with E-state index in [0.717, 1.165) is 11.1 Å². The van der Waals surface area contributed by atoms with Crippen LogP contribution in [-0.2, 0) is 4.57 Å². The summed E-state index contributed by atoms with van der Waals surface area (Å²) in [6.07, 6.45) is 0. The van der Waals surface area contributed by atoms with Gasteiger partial charge in [-0.1, -0.05) is 17.7 Å². The first kappa shape index (κ1) is 9.08. The van der Waals surface area contributed by atoms with Crippen molar-refractivity contribution in [2.75, 3.05) is 0 Å². The standard InChI is InChI=1S/C9H9O2P/c1-6-3-4-7(2)8(5-6)9(10)12-11/h3-5H,1-2H3. The molecule has 0 bridgehead atoms. The van der Waals surface area contributed by atoms with Gasteiger partial charge in [-0.05, 0) is 25.5 Å². The van der Waals surface area contributed by atoms with Crippen LogP contribution >= 0.6 is 8.46 Å². The van der Waals surface area contributed by atoms with Crippen LogP contribution < -0.4 is 0 Å². The summed E-state index contributed by atoms with van der Waals surface area (Å²) in [6, 6.07) is 5.53. The minimum atomic E-state index is -0.438. The zero-order valence-corrected chi connectivity index (χ0v) is 7.89. The van der Waals surface area contributed by atoms with Gasteiger partial charge >= 0.3 is 0 Å². The van der Waals surface area contributed by atoms with Gasteiger partial charge in [-0.3, -0.25) is 9.36 Å². The van der Waals surface area contributed by atoms with Crippen molar-refractivity contribution < 1.29 is 9.36 Å². The minimum Gasteiger partial charge on any atom is -0.280 e. The molecule has 0 aliphatic heterocycles. The fourth-order valence-electron chi connectivity index (χ4n) is 1.02. The van der Waals surface area contributed by atoms with Crippen molar-refractivity contribution in [2.45, 2.75) is 13.8 Å². The predicted molar refractivity (Wildman–Crippen MR) is 47.9 cm³/mol. The third-order valence-electron chi connectivity index (χ3n) is 1.71. The lowest BCUT2D eigenvalue weighted by Gasteiger charge is -2.00. The number of carbonyl (C=O) groups excluding carboxylic acids is 1. The Hall–Kier alpha value is -1.01. The second kappa shape index (κ2) is 3.59. The summed E-state index contributed by atoms with van der Waals surface area (Å²) < 4.78 is 10.3. The molecule has 0 unspecified atom stereocenters. The normalized spacial score (nSPS) is 10.2.